The van der Waals surface area contributed by atoms with E-state index in [1.54, 1.807) is 6.33 Å². The summed E-state index contributed by atoms with van der Waals surface area (Å²) in [6.45, 7) is 0. The van der Waals surface area contributed by atoms with Crippen molar-refractivity contribution in [1.29, 1.82) is 0 Å². The van der Waals surface area contributed by atoms with Crippen molar-refractivity contribution in [3.63, 3.8) is 0 Å². The maximum absolute atomic E-state index is 6.46. The van der Waals surface area contributed by atoms with Crippen LogP contribution in [0.4, 0.5) is 0 Å². The van der Waals surface area contributed by atoms with E-state index in [-0.39, 0.29) is 0 Å². The molecule has 22 aromatic rings. The Balaban J connectivity index is 0.000000147. The van der Waals surface area contributed by atoms with E-state index in [9.17, 15) is 0 Å². The van der Waals surface area contributed by atoms with Crippen LogP contribution in [0.15, 0.2) is 409 Å². The second kappa shape index (κ2) is 30.4. The zero-order valence-corrected chi connectivity index (χ0v) is 63.4. The summed E-state index contributed by atoms with van der Waals surface area (Å²) < 4.78 is 12.6. The van der Waals surface area contributed by atoms with E-state index in [4.69, 9.17) is 58.7 Å². The van der Waals surface area contributed by atoms with Gasteiger partial charge in [-0.05, 0) is 155 Å². The maximum atomic E-state index is 6.46. The minimum atomic E-state index is 0.548. The van der Waals surface area contributed by atoms with Crippen molar-refractivity contribution in [2.24, 2.45) is 0 Å². The van der Waals surface area contributed by atoms with Crippen molar-refractivity contribution in [2.75, 3.05) is 0 Å². The van der Waals surface area contributed by atoms with Crippen LogP contribution in [-0.2, 0) is 0 Å². The van der Waals surface area contributed by atoms with Crippen LogP contribution in [0, 0.1) is 0 Å². The molecule has 0 amide bonds. The summed E-state index contributed by atoms with van der Waals surface area (Å²) in [6, 6.07) is 136. The van der Waals surface area contributed by atoms with E-state index in [0.29, 0.717) is 46.2 Å². The van der Waals surface area contributed by atoms with Crippen LogP contribution in [0.25, 0.3) is 224 Å². The predicted octanol–water partition coefficient (Wildman–Crippen LogP) is 26.8. The quantitative estimate of drug-likeness (QED) is 0.102. The molecule has 16 aromatic carbocycles. The first-order chi connectivity index (χ1) is 58.4. The van der Waals surface area contributed by atoms with Crippen LogP contribution in [-0.4, -0.2) is 49.8 Å². The largest absolute Gasteiger partial charge is 0.452 e. The Hall–Kier alpha value is -16.2. The predicted molar refractivity (Wildman–Crippen MR) is 477 cm³/mol. The van der Waals surface area contributed by atoms with Gasteiger partial charge in [-0.3, -0.25) is 0 Å². The molecule has 0 spiro atoms. The third-order valence-corrected chi connectivity index (χ3v) is 21.6. The molecule has 118 heavy (non-hydrogen) atoms. The van der Waals surface area contributed by atoms with E-state index < -0.39 is 0 Å². The Kier molecular flexibility index (Phi) is 18.0. The Bertz CT molecular complexity index is 7540. The molecule has 0 aliphatic rings. The van der Waals surface area contributed by atoms with Crippen LogP contribution in [0.2, 0.25) is 0 Å². The summed E-state index contributed by atoms with van der Waals surface area (Å²) >= 11 is 0. The van der Waals surface area contributed by atoms with Crippen LogP contribution in [0.3, 0.4) is 0 Å². The number of para-hydroxylation sites is 2. The van der Waals surface area contributed by atoms with Crippen LogP contribution in [0.5, 0.6) is 0 Å². The molecule has 6 heterocycles. The molecule has 6 aromatic heterocycles. The van der Waals surface area contributed by atoms with E-state index in [1.165, 1.54) is 5.56 Å². The molecule has 12 heteroatoms. The molecule has 0 unspecified atom stereocenters. The SMILES string of the molecule is c1ccc(-c2ccc(-c3nc(-c4ccccc4)nc(-c4cccc(-c5cccc(-c6cccc(-c7ccc8oc9nc%10ccccc%10nc9c8c7)c6)c5)c4)n3)cc2)cc1.c1ccc(-c2ccc(-c3nc(-c4ccccc4)nc(-c4cccc(-c5cccc(-c6cccc(-c7ncnc8c7oc7ccc9ccccc9c78)c6)c5)c4)n3)cc2)cc1. The lowest BCUT2D eigenvalue weighted by Crippen LogP contribution is -2.00. The van der Waals surface area contributed by atoms with Gasteiger partial charge in [0.25, 0.3) is 0 Å². The molecule has 0 fully saturated rings. The van der Waals surface area contributed by atoms with Gasteiger partial charge in [0.05, 0.1) is 16.4 Å². The number of aromatic nitrogens is 10. The molecular weight excluding hydrogens is 1450 g/mol. The first kappa shape index (κ1) is 69.7. The van der Waals surface area contributed by atoms with Gasteiger partial charge in [0, 0.05) is 44.3 Å². The molecular formula is C106H66N10O2. The fraction of sp³-hybridized carbons (Fsp3) is 0. The fourth-order valence-electron chi connectivity index (χ4n) is 15.6. The lowest BCUT2D eigenvalue weighted by Gasteiger charge is -2.11. The lowest BCUT2D eigenvalue weighted by atomic mass is 9.95. The van der Waals surface area contributed by atoms with Gasteiger partial charge >= 0.3 is 0 Å². The van der Waals surface area contributed by atoms with Crippen LogP contribution in [0.1, 0.15) is 0 Å². The molecule has 0 saturated heterocycles. The van der Waals surface area contributed by atoms with E-state index >= 15 is 0 Å². The van der Waals surface area contributed by atoms with Gasteiger partial charge in [0.2, 0.25) is 5.71 Å². The zero-order valence-electron chi connectivity index (χ0n) is 63.4. The summed E-state index contributed by atoms with van der Waals surface area (Å²) in [7, 11) is 0. The standard InChI is InChI=1S/2C53H33N5O/c1-3-12-34(13-4-1)35-24-26-38(27-25-35)52-56-51(37-15-5-2-6-16-37)57-53(58-52)44-22-11-20-42(32-44)40-18-9-17-39(30-40)41-19-10-21-43(31-41)48-50-49(55-33-54-48)47-45-23-8-7-14-36(45)28-29-46(47)59-50;1-3-12-34(13-4-1)35-24-26-37(27-25-35)51-56-50(36-14-5-2-6-15-36)57-52(58-51)44-21-11-20-42(32-44)40-18-9-16-38(30-40)39-17-10-19-41(31-39)43-28-29-48-45(33-43)49-53(59-48)55-47-23-8-7-22-46(47)54-49/h2*1-33H. The van der Waals surface area contributed by atoms with Gasteiger partial charge in [-0.1, -0.05) is 328 Å². The number of furan rings is 2. The number of nitrogens with zero attached hydrogens (tertiary/aromatic N) is 10. The third kappa shape index (κ3) is 13.8. The average Bonchev–Trinajstić information content (AvgIpc) is 1.60. The topological polar surface area (TPSA) is 155 Å². The normalized spacial score (nSPS) is 11.4. The summed E-state index contributed by atoms with van der Waals surface area (Å²) in [4.78, 5) is 49.1. The molecule has 22 rings (SSSR count). The minimum absolute atomic E-state index is 0.548. The molecule has 0 aliphatic heterocycles. The third-order valence-electron chi connectivity index (χ3n) is 21.6. The van der Waals surface area contributed by atoms with Crippen molar-refractivity contribution >= 4 is 66.1 Å². The van der Waals surface area contributed by atoms with E-state index in [2.05, 4.69) is 273 Å². The second-order valence-corrected chi connectivity index (χ2v) is 29.1. The summed E-state index contributed by atoms with van der Waals surface area (Å²) in [6.07, 6.45) is 1.63. The molecule has 0 bridgehead atoms. The highest BCUT2D eigenvalue weighted by atomic mass is 16.3. The highest BCUT2D eigenvalue weighted by Gasteiger charge is 2.21. The Labute approximate surface area is 678 Å². The molecule has 0 aliphatic carbocycles. The summed E-state index contributed by atoms with van der Waals surface area (Å²) in [5, 5.41) is 4.22. The Morgan fingerprint density at radius 3 is 0.975 bits per heavy atom. The van der Waals surface area contributed by atoms with Crippen molar-refractivity contribution in [1.82, 2.24) is 49.8 Å². The Morgan fingerprint density at radius 2 is 0.508 bits per heavy atom. The van der Waals surface area contributed by atoms with Crippen molar-refractivity contribution in [3.8, 4) is 157 Å². The molecule has 0 radical (unpaired) electrons. The molecule has 0 atom stereocenters. The molecule has 0 saturated carbocycles. The molecule has 12 nitrogen and oxygen atoms in total. The Morgan fingerprint density at radius 1 is 0.186 bits per heavy atom. The van der Waals surface area contributed by atoms with Gasteiger partial charge < -0.3 is 8.83 Å². The fourth-order valence-corrected chi connectivity index (χ4v) is 15.6. The monoisotopic (exact) mass is 1510 g/mol. The van der Waals surface area contributed by atoms with Crippen LogP contribution < -0.4 is 0 Å². The molecule has 552 valence electrons. The number of rotatable bonds is 14. The van der Waals surface area contributed by atoms with Crippen molar-refractivity contribution in [3.05, 3.63) is 401 Å². The first-order valence-electron chi connectivity index (χ1n) is 39.1. The number of benzene rings is 16. The van der Waals surface area contributed by atoms with Gasteiger partial charge in [-0.25, -0.2) is 49.8 Å². The van der Waals surface area contributed by atoms with Gasteiger partial charge in [0.15, 0.2) is 40.5 Å². The number of hydrogen-bond donors (Lipinski definition) is 0. The van der Waals surface area contributed by atoms with Crippen LogP contribution >= 0.6 is 0 Å². The van der Waals surface area contributed by atoms with Gasteiger partial charge in [-0.2, -0.15) is 0 Å². The summed E-state index contributed by atoms with van der Waals surface area (Å²) in [5.41, 5.74) is 28.8. The average molecular weight is 1510 g/mol. The smallest absolute Gasteiger partial charge is 0.246 e. The summed E-state index contributed by atoms with van der Waals surface area (Å²) in [5.74, 6) is 3.74. The van der Waals surface area contributed by atoms with Crippen molar-refractivity contribution in [2.45, 2.75) is 0 Å². The first-order valence-corrected chi connectivity index (χ1v) is 39.1. The number of fused-ring (bicyclic) bond motifs is 9. The second-order valence-electron chi connectivity index (χ2n) is 29.1. The van der Waals surface area contributed by atoms with E-state index in [1.807, 2.05) is 121 Å². The minimum Gasteiger partial charge on any atom is -0.452 e. The molecule has 0 N–H and O–H groups in total. The number of hydrogen-bond acceptors (Lipinski definition) is 12. The highest BCUT2D eigenvalue weighted by molar-refractivity contribution is 6.19. The maximum Gasteiger partial charge on any atom is 0.246 e. The van der Waals surface area contributed by atoms with Gasteiger partial charge in [-0.15, -0.1) is 0 Å². The van der Waals surface area contributed by atoms with Gasteiger partial charge in [0.1, 0.15) is 34.2 Å². The zero-order chi connectivity index (χ0) is 78.2. The van der Waals surface area contributed by atoms with Crippen molar-refractivity contribution < 1.29 is 8.83 Å². The highest BCUT2D eigenvalue weighted by Crippen LogP contribution is 2.41. The van der Waals surface area contributed by atoms with E-state index in [0.717, 1.165) is 172 Å². The lowest BCUT2D eigenvalue weighted by molar-refractivity contribution is 0.655.